The third-order valence-corrected chi connectivity index (χ3v) is 5.57. The fourth-order valence-corrected chi connectivity index (χ4v) is 3.82. The number of hydrogen-bond donors (Lipinski definition) is 1. The van der Waals surface area contributed by atoms with E-state index in [1.807, 2.05) is 65.5 Å². The van der Waals surface area contributed by atoms with Gasteiger partial charge in [0.1, 0.15) is 5.69 Å². The number of carbonyl (C=O) groups excluding carboxylic acids is 1. The van der Waals surface area contributed by atoms with Gasteiger partial charge in [-0.05, 0) is 36.6 Å². The van der Waals surface area contributed by atoms with E-state index in [4.69, 9.17) is 0 Å². The van der Waals surface area contributed by atoms with Crippen LogP contribution in [0.4, 0.5) is 5.69 Å². The van der Waals surface area contributed by atoms with Gasteiger partial charge >= 0.3 is 0 Å². The summed E-state index contributed by atoms with van der Waals surface area (Å²) in [6, 6.07) is 22.0. The van der Waals surface area contributed by atoms with Crippen LogP contribution in [0.2, 0.25) is 0 Å². The van der Waals surface area contributed by atoms with Gasteiger partial charge in [-0.1, -0.05) is 73.0 Å². The number of halogens is 1. The molecule has 2 heterocycles. The highest BCUT2D eigenvalue weighted by Gasteiger charge is 2.08. The maximum absolute atomic E-state index is 12.5. The molecule has 0 aliphatic rings. The average molecular weight is 476 g/mol. The Morgan fingerprint density at radius 3 is 2.38 bits per heavy atom. The molecule has 0 unspecified atom stereocenters. The fraction of sp³-hybridized carbons (Fsp3) is 0.259. The number of unbranched alkanes of at least 4 members (excludes halogenated alkanes) is 4. The van der Waals surface area contributed by atoms with Crippen molar-refractivity contribution in [2.45, 2.75) is 45.1 Å². The maximum atomic E-state index is 12.5. The van der Waals surface area contributed by atoms with Crippen LogP contribution >= 0.6 is 12.4 Å². The van der Waals surface area contributed by atoms with E-state index in [9.17, 15) is 4.79 Å². The molecule has 7 heteroatoms. The Kier molecular flexibility index (Phi) is 9.80. The van der Waals surface area contributed by atoms with E-state index in [0.717, 1.165) is 66.7 Å². The first-order valence-electron chi connectivity index (χ1n) is 11.5. The molecule has 0 bridgehead atoms. The molecule has 1 amide bonds. The first-order valence-corrected chi connectivity index (χ1v) is 11.5. The standard InChI is InChI=1S/C27H29N5O.ClH/c33-27(29-25-16-9-8-15-24(25)22-12-5-4-6-13-22)17-7-2-1-3-10-19-32-21-26(30-31-32)23-14-11-18-28-20-23;/h4-6,8-9,11-16,18,20-21H,1-3,7,10,17,19H2,(H,29,33);1H. The molecule has 0 radical (unpaired) electrons. The molecule has 176 valence electrons. The van der Waals surface area contributed by atoms with Crippen molar-refractivity contribution >= 4 is 24.0 Å². The summed E-state index contributed by atoms with van der Waals surface area (Å²) < 4.78 is 1.89. The van der Waals surface area contributed by atoms with Crippen LogP contribution < -0.4 is 5.32 Å². The van der Waals surface area contributed by atoms with Crippen LogP contribution in [-0.2, 0) is 11.3 Å². The smallest absolute Gasteiger partial charge is 0.224 e. The van der Waals surface area contributed by atoms with Gasteiger partial charge in [-0.15, -0.1) is 17.5 Å². The Bertz CT molecular complexity index is 1150. The monoisotopic (exact) mass is 475 g/mol. The number of carbonyl (C=O) groups is 1. The number of nitrogens with zero attached hydrogens (tertiary/aromatic N) is 4. The number of pyridine rings is 1. The molecular formula is C27H30ClN5O. The average Bonchev–Trinajstić information content (AvgIpc) is 3.34. The lowest BCUT2D eigenvalue weighted by Gasteiger charge is -2.11. The number of para-hydroxylation sites is 1. The second-order valence-electron chi connectivity index (χ2n) is 8.09. The molecule has 0 saturated heterocycles. The van der Waals surface area contributed by atoms with Gasteiger partial charge in [-0.25, -0.2) is 0 Å². The number of benzene rings is 2. The number of aromatic nitrogens is 4. The molecule has 0 spiro atoms. The predicted octanol–water partition coefficient (Wildman–Crippen LogP) is 6.41. The van der Waals surface area contributed by atoms with E-state index in [2.05, 4.69) is 32.7 Å². The van der Waals surface area contributed by atoms with Crippen molar-refractivity contribution in [1.82, 2.24) is 20.0 Å². The summed E-state index contributed by atoms with van der Waals surface area (Å²) in [6.45, 7) is 0.851. The van der Waals surface area contributed by atoms with Crippen LogP contribution in [-0.4, -0.2) is 25.9 Å². The molecule has 0 atom stereocenters. The van der Waals surface area contributed by atoms with Gasteiger partial charge in [0.15, 0.2) is 0 Å². The minimum Gasteiger partial charge on any atom is -0.326 e. The summed E-state index contributed by atoms with van der Waals surface area (Å²) in [7, 11) is 0. The van der Waals surface area contributed by atoms with Gasteiger partial charge in [-0.2, -0.15) is 0 Å². The molecule has 0 aliphatic carbocycles. The lowest BCUT2D eigenvalue weighted by atomic mass is 10.0. The summed E-state index contributed by atoms with van der Waals surface area (Å²) in [6.07, 6.45) is 11.3. The van der Waals surface area contributed by atoms with Crippen molar-refractivity contribution in [3.05, 3.63) is 85.3 Å². The zero-order valence-corrected chi connectivity index (χ0v) is 20.0. The van der Waals surface area contributed by atoms with E-state index < -0.39 is 0 Å². The lowest BCUT2D eigenvalue weighted by Crippen LogP contribution is -2.11. The SMILES string of the molecule is Cl.O=C(CCCCCCCn1cc(-c2cccnc2)nn1)Nc1ccccc1-c1ccccc1. The molecule has 6 nitrogen and oxygen atoms in total. The van der Waals surface area contributed by atoms with Crippen LogP contribution in [0.1, 0.15) is 38.5 Å². The summed E-state index contributed by atoms with van der Waals surface area (Å²) in [5.74, 6) is 0.0731. The minimum absolute atomic E-state index is 0. The molecular weight excluding hydrogens is 446 g/mol. The van der Waals surface area contributed by atoms with Gasteiger partial charge in [0.2, 0.25) is 5.91 Å². The van der Waals surface area contributed by atoms with Crippen LogP contribution in [0.3, 0.4) is 0 Å². The highest BCUT2D eigenvalue weighted by atomic mass is 35.5. The zero-order chi connectivity index (χ0) is 22.7. The molecule has 0 aliphatic heterocycles. The number of rotatable bonds is 11. The zero-order valence-electron chi connectivity index (χ0n) is 19.1. The maximum Gasteiger partial charge on any atom is 0.224 e. The highest BCUT2D eigenvalue weighted by Crippen LogP contribution is 2.27. The lowest BCUT2D eigenvalue weighted by molar-refractivity contribution is -0.116. The number of amides is 1. The van der Waals surface area contributed by atoms with Crippen molar-refractivity contribution < 1.29 is 4.79 Å². The van der Waals surface area contributed by atoms with Crippen molar-refractivity contribution in [2.75, 3.05) is 5.32 Å². The first-order chi connectivity index (χ1) is 16.3. The fourth-order valence-electron chi connectivity index (χ4n) is 3.82. The van der Waals surface area contributed by atoms with Crippen molar-refractivity contribution in [1.29, 1.82) is 0 Å². The van der Waals surface area contributed by atoms with E-state index in [-0.39, 0.29) is 18.3 Å². The molecule has 4 rings (SSSR count). The molecule has 0 fully saturated rings. The summed E-state index contributed by atoms with van der Waals surface area (Å²) in [5.41, 5.74) is 4.85. The van der Waals surface area contributed by atoms with Crippen molar-refractivity contribution in [3.63, 3.8) is 0 Å². The van der Waals surface area contributed by atoms with E-state index >= 15 is 0 Å². The second-order valence-corrected chi connectivity index (χ2v) is 8.09. The number of hydrogen-bond acceptors (Lipinski definition) is 4. The van der Waals surface area contributed by atoms with E-state index in [1.54, 1.807) is 12.4 Å². The quantitative estimate of drug-likeness (QED) is 0.254. The Hall–Kier alpha value is -3.51. The Labute approximate surface area is 206 Å². The van der Waals surface area contributed by atoms with Gasteiger partial charge in [0, 0.05) is 42.2 Å². The summed E-state index contributed by atoms with van der Waals surface area (Å²) in [5, 5.41) is 11.5. The number of aryl methyl sites for hydroxylation is 1. The normalized spacial score (nSPS) is 10.5. The molecule has 2 aromatic heterocycles. The van der Waals surface area contributed by atoms with E-state index in [0.29, 0.717) is 6.42 Å². The van der Waals surface area contributed by atoms with Crippen molar-refractivity contribution in [2.24, 2.45) is 0 Å². The Morgan fingerprint density at radius 2 is 1.56 bits per heavy atom. The summed E-state index contributed by atoms with van der Waals surface area (Å²) >= 11 is 0. The third-order valence-electron chi connectivity index (χ3n) is 5.57. The van der Waals surface area contributed by atoms with Gasteiger partial charge in [0.05, 0.1) is 6.20 Å². The Balaban J connectivity index is 0.00000324. The van der Waals surface area contributed by atoms with Crippen LogP contribution in [0.15, 0.2) is 85.3 Å². The van der Waals surface area contributed by atoms with Gasteiger partial charge in [-0.3, -0.25) is 14.5 Å². The molecule has 0 saturated carbocycles. The predicted molar refractivity (Wildman–Crippen MR) is 139 cm³/mol. The van der Waals surface area contributed by atoms with Crippen molar-refractivity contribution in [3.8, 4) is 22.4 Å². The number of anilines is 1. The molecule has 2 aromatic carbocycles. The summed E-state index contributed by atoms with van der Waals surface area (Å²) in [4.78, 5) is 16.6. The van der Waals surface area contributed by atoms with Gasteiger partial charge in [0.25, 0.3) is 0 Å². The first kappa shape index (κ1) is 25.1. The molecule has 4 aromatic rings. The Morgan fingerprint density at radius 1 is 0.824 bits per heavy atom. The van der Waals surface area contributed by atoms with Gasteiger partial charge < -0.3 is 5.32 Å². The van der Waals surface area contributed by atoms with Crippen LogP contribution in [0, 0.1) is 0 Å². The van der Waals surface area contributed by atoms with Crippen LogP contribution in [0.25, 0.3) is 22.4 Å². The highest BCUT2D eigenvalue weighted by molar-refractivity contribution is 5.95. The molecule has 34 heavy (non-hydrogen) atoms. The largest absolute Gasteiger partial charge is 0.326 e. The topological polar surface area (TPSA) is 72.7 Å². The van der Waals surface area contributed by atoms with E-state index in [1.165, 1.54) is 0 Å². The number of nitrogens with one attached hydrogen (secondary N) is 1. The molecule has 1 N–H and O–H groups in total. The van der Waals surface area contributed by atoms with Crippen LogP contribution in [0.5, 0.6) is 0 Å². The second kappa shape index (κ2) is 13.3. The third kappa shape index (κ3) is 7.25. The minimum atomic E-state index is 0.